The van der Waals surface area contributed by atoms with Crippen molar-refractivity contribution in [2.75, 3.05) is 0 Å². The number of hydrogen-bond donors (Lipinski definition) is 3. The van der Waals surface area contributed by atoms with Gasteiger partial charge in [0.25, 0.3) is 0 Å². The summed E-state index contributed by atoms with van der Waals surface area (Å²) in [6, 6.07) is 18.2. The van der Waals surface area contributed by atoms with E-state index in [2.05, 4.69) is 28.3 Å². The van der Waals surface area contributed by atoms with Gasteiger partial charge in [-0.25, -0.2) is 9.79 Å². The lowest BCUT2D eigenvalue weighted by Gasteiger charge is -2.13. The second-order valence-corrected chi connectivity index (χ2v) is 8.56. The second-order valence-electron chi connectivity index (χ2n) is 4.68. The van der Waals surface area contributed by atoms with Crippen molar-refractivity contribution in [3.63, 3.8) is 0 Å². The van der Waals surface area contributed by atoms with Gasteiger partial charge in [-0.3, -0.25) is 0 Å². The molecule has 3 rings (SSSR count). The van der Waals surface area contributed by atoms with Crippen LogP contribution in [0.4, 0.5) is 0 Å². The van der Waals surface area contributed by atoms with Crippen molar-refractivity contribution in [1.29, 1.82) is 0 Å². The van der Waals surface area contributed by atoms with Crippen LogP contribution >= 0.6 is 43.0 Å². The molecule has 1 heterocycles. The number of aliphatic carboxylic acids is 1. The lowest BCUT2D eigenvalue weighted by atomic mass is 10.0. The third-order valence-electron chi connectivity index (χ3n) is 3.22. The second kappa shape index (κ2) is 9.93. The van der Waals surface area contributed by atoms with Gasteiger partial charge in [-0.15, -0.1) is 0 Å². The van der Waals surface area contributed by atoms with Crippen LogP contribution in [0.3, 0.4) is 0 Å². The molecule has 2 aromatic carbocycles. The summed E-state index contributed by atoms with van der Waals surface area (Å²) in [5.74, 6) is -0.625. The van der Waals surface area contributed by atoms with E-state index in [1.807, 2.05) is 60.7 Å². The number of benzene rings is 2. The SMILES string of the molecule is O=C(O)[C@@H]1OC(c2ccccc2)=N[C@H]1c1ccccc1.SSSS. The third kappa shape index (κ3) is 5.14. The summed E-state index contributed by atoms with van der Waals surface area (Å²) >= 11 is 7.45. The van der Waals surface area contributed by atoms with Gasteiger partial charge < -0.3 is 9.84 Å². The number of hydrogen-bond acceptors (Lipinski definition) is 7. The van der Waals surface area contributed by atoms with Crippen LogP contribution in [-0.2, 0) is 9.53 Å². The highest BCUT2D eigenvalue weighted by molar-refractivity contribution is 9.21. The molecule has 4 nitrogen and oxygen atoms in total. The van der Waals surface area contributed by atoms with Crippen LogP contribution in [0.5, 0.6) is 0 Å². The van der Waals surface area contributed by atoms with Crippen LogP contribution in [0, 0.1) is 0 Å². The first-order valence-corrected chi connectivity index (χ1v) is 11.1. The average molecular weight is 398 g/mol. The number of ether oxygens (including phenoxy) is 1. The summed E-state index contributed by atoms with van der Waals surface area (Å²) in [4.78, 5) is 15.8. The molecule has 0 radical (unpaired) electrons. The van der Waals surface area contributed by atoms with Crippen molar-refractivity contribution in [1.82, 2.24) is 0 Å². The molecule has 8 heteroatoms. The summed E-state index contributed by atoms with van der Waals surface area (Å²) < 4.78 is 5.53. The van der Waals surface area contributed by atoms with E-state index in [0.717, 1.165) is 11.1 Å². The number of thiol groups is 2. The fraction of sp³-hybridized carbons (Fsp3) is 0.125. The summed E-state index contributed by atoms with van der Waals surface area (Å²) in [6.07, 6.45) is -0.979. The van der Waals surface area contributed by atoms with Gasteiger partial charge in [0.15, 0.2) is 0 Å². The van der Waals surface area contributed by atoms with E-state index in [-0.39, 0.29) is 0 Å². The van der Waals surface area contributed by atoms with E-state index in [0.29, 0.717) is 5.90 Å². The normalized spacial score (nSPS) is 18.8. The van der Waals surface area contributed by atoms with Gasteiger partial charge in [0.05, 0.1) is 0 Å². The van der Waals surface area contributed by atoms with Crippen molar-refractivity contribution >= 4 is 54.8 Å². The Morgan fingerprint density at radius 3 is 2.04 bits per heavy atom. The van der Waals surface area contributed by atoms with E-state index < -0.39 is 18.1 Å². The molecule has 0 bridgehead atoms. The number of rotatable bonds is 4. The van der Waals surface area contributed by atoms with Crippen LogP contribution in [0.25, 0.3) is 0 Å². The third-order valence-corrected chi connectivity index (χ3v) is 5.89. The molecule has 0 aromatic heterocycles. The molecule has 0 saturated carbocycles. The molecule has 1 aliphatic rings. The molecule has 1 N–H and O–H groups in total. The molecule has 0 saturated heterocycles. The van der Waals surface area contributed by atoms with Crippen molar-refractivity contribution in [3.05, 3.63) is 71.8 Å². The zero-order valence-corrected chi connectivity index (χ0v) is 15.8. The van der Waals surface area contributed by atoms with Crippen molar-refractivity contribution in [2.45, 2.75) is 12.1 Å². The highest BCUT2D eigenvalue weighted by Crippen LogP contribution is 2.31. The zero-order chi connectivity index (χ0) is 17.4. The molecule has 24 heavy (non-hydrogen) atoms. The molecular weight excluding hydrogens is 382 g/mol. The summed E-state index contributed by atoms with van der Waals surface area (Å²) in [7, 11) is 2.66. The number of carboxylic acid groups (broad SMARTS) is 1. The Morgan fingerprint density at radius 2 is 1.54 bits per heavy atom. The van der Waals surface area contributed by atoms with E-state index in [1.165, 1.54) is 19.7 Å². The molecule has 2 atom stereocenters. The maximum absolute atomic E-state index is 11.4. The van der Waals surface area contributed by atoms with Crippen molar-refractivity contribution in [3.8, 4) is 0 Å². The molecule has 126 valence electrons. The van der Waals surface area contributed by atoms with Gasteiger partial charge in [0.2, 0.25) is 12.0 Å². The predicted octanol–water partition coefficient (Wildman–Crippen LogP) is 4.72. The Kier molecular flexibility index (Phi) is 7.90. The van der Waals surface area contributed by atoms with Gasteiger partial charge in [-0.1, -0.05) is 71.9 Å². The molecular formula is C16H15NO3S4. The predicted molar refractivity (Wildman–Crippen MR) is 108 cm³/mol. The van der Waals surface area contributed by atoms with Gasteiger partial charge in [-0.05, 0) is 37.3 Å². The topological polar surface area (TPSA) is 58.9 Å². The van der Waals surface area contributed by atoms with E-state index in [4.69, 9.17) is 4.74 Å². The number of aliphatic imine (C=N–C) groups is 1. The maximum Gasteiger partial charge on any atom is 0.347 e. The van der Waals surface area contributed by atoms with Gasteiger partial charge in [0, 0.05) is 5.56 Å². The molecule has 0 aliphatic carbocycles. The highest BCUT2D eigenvalue weighted by Gasteiger charge is 2.38. The van der Waals surface area contributed by atoms with E-state index in [1.54, 1.807) is 0 Å². The first kappa shape index (κ1) is 19.1. The van der Waals surface area contributed by atoms with Crippen LogP contribution in [0.2, 0.25) is 0 Å². The van der Waals surface area contributed by atoms with Gasteiger partial charge >= 0.3 is 5.97 Å². The summed E-state index contributed by atoms with van der Waals surface area (Å²) in [5, 5.41) is 9.31. The standard InChI is InChI=1S/C16H13NO3.H2S4/c18-16(19)14-13(11-7-3-1-4-8-11)17-15(20-14)12-9-5-2-6-10-12;1-3-4-2/h1-10,13-14H,(H,18,19);1-2H/t13-,14+;/m0./s1. The molecule has 1 aliphatic heterocycles. The lowest BCUT2D eigenvalue weighted by Crippen LogP contribution is -2.26. The largest absolute Gasteiger partial charge is 0.478 e. The monoisotopic (exact) mass is 397 g/mol. The Morgan fingerprint density at radius 1 is 1.00 bits per heavy atom. The van der Waals surface area contributed by atoms with Crippen LogP contribution in [0.1, 0.15) is 17.2 Å². The summed E-state index contributed by atoms with van der Waals surface area (Å²) in [6.45, 7) is 0. The Labute approximate surface area is 158 Å². The minimum Gasteiger partial charge on any atom is -0.478 e. The number of carboxylic acids is 1. The Balaban J connectivity index is 0.000000471. The van der Waals surface area contributed by atoms with Gasteiger partial charge in [-0.2, -0.15) is 0 Å². The zero-order valence-electron chi connectivity index (χ0n) is 12.4. The first-order valence-electron chi connectivity index (χ1n) is 6.86. The summed E-state index contributed by atoms with van der Waals surface area (Å²) in [5.41, 5.74) is 1.63. The van der Waals surface area contributed by atoms with Crippen LogP contribution in [0.15, 0.2) is 65.7 Å². The number of carbonyl (C=O) groups is 1. The molecule has 0 spiro atoms. The van der Waals surface area contributed by atoms with Crippen molar-refractivity contribution < 1.29 is 14.6 Å². The minimum atomic E-state index is -1.01. The quantitative estimate of drug-likeness (QED) is 0.515. The van der Waals surface area contributed by atoms with E-state index >= 15 is 0 Å². The van der Waals surface area contributed by atoms with Crippen LogP contribution < -0.4 is 0 Å². The van der Waals surface area contributed by atoms with Gasteiger partial charge in [0.1, 0.15) is 6.04 Å². The van der Waals surface area contributed by atoms with Crippen LogP contribution in [-0.4, -0.2) is 23.1 Å². The van der Waals surface area contributed by atoms with E-state index in [9.17, 15) is 9.90 Å². The minimum absolute atomic E-state index is 0.381. The maximum atomic E-state index is 11.4. The highest BCUT2D eigenvalue weighted by atomic mass is 33.7. The Bertz CT molecular complexity index is 680. The lowest BCUT2D eigenvalue weighted by molar-refractivity contribution is -0.145. The number of nitrogens with zero attached hydrogens (tertiary/aromatic N) is 1. The molecule has 0 fully saturated rings. The Hall–Kier alpha value is -1.22. The fourth-order valence-electron chi connectivity index (χ4n) is 2.22. The fourth-order valence-corrected chi connectivity index (χ4v) is 2.22. The first-order chi connectivity index (χ1) is 11.7. The molecule has 0 amide bonds. The molecule has 2 aromatic rings. The van der Waals surface area contributed by atoms with Crippen molar-refractivity contribution in [2.24, 2.45) is 4.99 Å². The smallest absolute Gasteiger partial charge is 0.347 e. The molecule has 0 unspecified atom stereocenters. The average Bonchev–Trinajstić information content (AvgIpc) is 3.09.